The molecule has 0 aliphatic rings. The van der Waals surface area contributed by atoms with Gasteiger partial charge in [-0.3, -0.25) is 9.52 Å². The van der Waals surface area contributed by atoms with E-state index in [9.17, 15) is 31.2 Å². The lowest BCUT2D eigenvalue weighted by Gasteiger charge is -2.17. The molecule has 0 fully saturated rings. The molecule has 11 heteroatoms. The maximum absolute atomic E-state index is 13.0. The first kappa shape index (κ1) is 22.2. The van der Waals surface area contributed by atoms with Crippen LogP contribution in [0.3, 0.4) is 0 Å². The SMILES string of the molecule is CC(OC(=O)c1cccc(NS(C)(=O)=O)c1)C(=O)Nc1ccccc1C(F)(F)F. The van der Waals surface area contributed by atoms with Crippen LogP contribution in [0.5, 0.6) is 0 Å². The van der Waals surface area contributed by atoms with Gasteiger partial charge in [0.05, 0.1) is 23.1 Å². The van der Waals surface area contributed by atoms with Gasteiger partial charge in [0.1, 0.15) is 0 Å². The smallest absolute Gasteiger partial charge is 0.418 e. The number of esters is 1. The second-order valence-corrected chi connectivity index (χ2v) is 7.78. The van der Waals surface area contributed by atoms with E-state index < -0.39 is 45.4 Å². The average molecular weight is 430 g/mol. The molecule has 2 aromatic carbocycles. The molecule has 2 aromatic rings. The zero-order valence-electron chi connectivity index (χ0n) is 15.3. The van der Waals surface area contributed by atoms with Crippen molar-refractivity contribution in [3.8, 4) is 0 Å². The summed E-state index contributed by atoms with van der Waals surface area (Å²) in [7, 11) is -3.57. The summed E-state index contributed by atoms with van der Waals surface area (Å²) < 4.78 is 68.7. The monoisotopic (exact) mass is 430 g/mol. The molecule has 0 aliphatic heterocycles. The molecule has 0 heterocycles. The highest BCUT2D eigenvalue weighted by Gasteiger charge is 2.34. The van der Waals surface area contributed by atoms with Gasteiger partial charge < -0.3 is 10.1 Å². The molecule has 0 aliphatic carbocycles. The van der Waals surface area contributed by atoms with Crippen LogP contribution in [0.15, 0.2) is 48.5 Å². The number of carbonyl (C=O) groups excluding carboxylic acids is 2. The number of anilines is 2. The zero-order chi connectivity index (χ0) is 21.8. The van der Waals surface area contributed by atoms with Gasteiger partial charge in [0.2, 0.25) is 10.0 Å². The number of para-hydroxylation sites is 1. The van der Waals surface area contributed by atoms with Crippen molar-refractivity contribution in [3.63, 3.8) is 0 Å². The minimum Gasteiger partial charge on any atom is -0.449 e. The molecule has 29 heavy (non-hydrogen) atoms. The largest absolute Gasteiger partial charge is 0.449 e. The van der Waals surface area contributed by atoms with Crippen LogP contribution in [0.2, 0.25) is 0 Å². The van der Waals surface area contributed by atoms with E-state index in [1.807, 2.05) is 0 Å². The van der Waals surface area contributed by atoms with E-state index in [0.29, 0.717) is 0 Å². The van der Waals surface area contributed by atoms with Crippen molar-refractivity contribution >= 4 is 33.3 Å². The normalized spacial score (nSPS) is 12.7. The van der Waals surface area contributed by atoms with Gasteiger partial charge in [-0.05, 0) is 37.3 Å². The third-order valence-electron chi connectivity index (χ3n) is 3.54. The van der Waals surface area contributed by atoms with Crippen LogP contribution in [0.4, 0.5) is 24.5 Å². The van der Waals surface area contributed by atoms with Gasteiger partial charge >= 0.3 is 12.1 Å². The second-order valence-electron chi connectivity index (χ2n) is 6.04. The molecule has 0 spiro atoms. The number of carbonyl (C=O) groups is 2. The Kier molecular flexibility index (Phi) is 6.52. The van der Waals surface area contributed by atoms with Crippen molar-refractivity contribution in [2.45, 2.75) is 19.2 Å². The maximum atomic E-state index is 13.0. The molecule has 2 rings (SSSR count). The summed E-state index contributed by atoms with van der Waals surface area (Å²) in [5, 5.41) is 2.09. The minimum absolute atomic E-state index is 0.0472. The van der Waals surface area contributed by atoms with Crippen LogP contribution in [0.1, 0.15) is 22.8 Å². The van der Waals surface area contributed by atoms with Gasteiger partial charge in [-0.1, -0.05) is 18.2 Å². The predicted molar refractivity (Wildman–Crippen MR) is 99.9 cm³/mol. The summed E-state index contributed by atoms with van der Waals surface area (Å²) in [6.07, 6.45) is -5.14. The Labute approximate surface area is 164 Å². The standard InChI is InChI=1S/C18H17F3N2O5S/c1-11(16(24)22-15-9-4-3-8-14(15)18(19,20)21)28-17(25)12-6-5-7-13(10-12)23-29(2,26)27/h3-11,23H,1-2H3,(H,22,24). The highest BCUT2D eigenvalue weighted by molar-refractivity contribution is 7.92. The number of alkyl halides is 3. The van der Waals surface area contributed by atoms with Crippen molar-refractivity contribution in [3.05, 3.63) is 59.7 Å². The fraction of sp³-hybridized carbons (Fsp3) is 0.222. The van der Waals surface area contributed by atoms with E-state index in [4.69, 9.17) is 4.74 Å². The van der Waals surface area contributed by atoms with Gasteiger partial charge in [-0.2, -0.15) is 13.2 Å². The Balaban J connectivity index is 2.09. The van der Waals surface area contributed by atoms with Crippen molar-refractivity contribution in [2.24, 2.45) is 0 Å². The number of hydrogen-bond acceptors (Lipinski definition) is 5. The Morgan fingerprint density at radius 2 is 1.72 bits per heavy atom. The molecule has 1 unspecified atom stereocenters. The number of rotatable bonds is 6. The molecule has 0 saturated carbocycles. The van der Waals surface area contributed by atoms with Gasteiger partial charge in [0.15, 0.2) is 6.10 Å². The van der Waals surface area contributed by atoms with Crippen LogP contribution < -0.4 is 10.0 Å². The number of nitrogens with one attached hydrogen (secondary N) is 2. The Morgan fingerprint density at radius 1 is 1.07 bits per heavy atom. The molecular formula is C18H17F3N2O5S. The Hall–Kier alpha value is -3.08. The van der Waals surface area contributed by atoms with Gasteiger partial charge in [0, 0.05) is 5.69 Å². The van der Waals surface area contributed by atoms with Crippen LogP contribution >= 0.6 is 0 Å². The first-order valence-electron chi connectivity index (χ1n) is 8.13. The maximum Gasteiger partial charge on any atom is 0.418 e. The van der Waals surface area contributed by atoms with E-state index in [0.717, 1.165) is 18.4 Å². The molecule has 0 bridgehead atoms. The minimum atomic E-state index is -4.67. The molecule has 1 atom stereocenters. The van der Waals surface area contributed by atoms with E-state index >= 15 is 0 Å². The number of sulfonamides is 1. The summed E-state index contributed by atoms with van der Waals surface area (Å²) in [5.41, 5.74) is -1.44. The number of hydrogen-bond donors (Lipinski definition) is 2. The molecule has 0 radical (unpaired) electrons. The summed E-state index contributed by atoms with van der Waals surface area (Å²) in [5.74, 6) is -1.91. The number of halogens is 3. The molecule has 0 saturated heterocycles. The topological polar surface area (TPSA) is 102 Å². The molecule has 0 aromatic heterocycles. The molecule has 1 amide bonds. The average Bonchev–Trinajstić information content (AvgIpc) is 2.60. The summed E-state index contributed by atoms with van der Waals surface area (Å²) in [6.45, 7) is 1.20. The first-order valence-corrected chi connectivity index (χ1v) is 10.0. The lowest BCUT2D eigenvalue weighted by Crippen LogP contribution is -2.30. The number of ether oxygens (including phenoxy) is 1. The van der Waals surface area contributed by atoms with E-state index in [2.05, 4.69) is 10.0 Å². The van der Waals surface area contributed by atoms with Crippen molar-refractivity contribution in [1.29, 1.82) is 0 Å². The molecule has 2 N–H and O–H groups in total. The fourth-order valence-electron chi connectivity index (χ4n) is 2.28. The van der Waals surface area contributed by atoms with Gasteiger partial charge in [-0.15, -0.1) is 0 Å². The molecule has 7 nitrogen and oxygen atoms in total. The third kappa shape index (κ3) is 6.49. The zero-order valence-corrected chi connectivity index (χ0v) is 16.1. The lowest BCUT2D eigenvalue weighted by molar-refractivity contribution is -0.137. The Bertz CT molecular complexity index is 1020. The van der Waals surface area contributed by atoms with Gasteiger partial charge in [0.25, 0.3) is 5.91 Å². The van der Waals surface area contributed by atoms with E-state index in [1.54, 1.807) is 0 Å². The third-order valence-corrected chi connectivity index (χ3v) is 4.15. The summed E-state index contributed by atoms with van der Waals surface area (Å²) >= 11 is 0. The summed E-state index contributed by atoms with van der Waals surface area (Å²) in [6, 6.07) is 9.73. The second kappa shape index (κ2) is 8.52. The van der Waals surface area contributed by atoms with Crippen LogP contribution in [0.25, 0.3) is 0 Å². The van der Waals surface area contributed by atoms with Crippen molar-refractivity contribution < 1.29 is 35.9 Å². The highest BCUT2D eigenvalue weighted by atomic mass is 32.2. The fourth-order valence-corrected chi connectivity index (χ4v) is 2.83. The van der Waals surface area contributed by atoms with Crippen LogP contribution in [-0.4, -0.2) is 32.7 Å². The highest BCUT2D eigenvalue weighted by Crippen LogP contribution is 2.34. The first-order chi connectivity index (χ1) is 13.4. The quantitative estimate of drug-likeness (QED) is 0.685. The van der Waals surface area contributed by atoms with E-state index in [-0.39, 0.29) is 11.3 Å². The number of benzene rings is 2. The van der Waals surface area contributed by atoms with Crippen molar-refractivity contribution in [2.75, 3.05) is 16.3 Å². The molecule has 156 valence electrons. The van der Waals surface area contributed by atoms with E-state index in [1.165, 1.54) is 43.3 Å². The lowest BCUT2D eigenvalue weighted by atomic mass is 10.1. The number of amides is 1. The van der Waals surface area contributed by atoms with Crippen LogP contribution in [0, 0.1) is 0 Å². The summed E-state index contributed by atoms with van der Waals surface area (Å²) in [4.78, 5) is 24.4. The Morgan fingerprint density at radius 3 is 2.34 bits per heavy atom. The predicted octanol–water partition coefficient (Wildman–Crippen LogP) is 3.26. The van der Waals surface area contributed by atoms with Crippen LogP contribution in [-0.2, 0) is 25.7 Å². The van der Waals surface area contributed by atoms with Gasteiger partial charge in [-0.25, -0.2) is 13.2 Å². The van der Waals surface area contributed by atoms with Crippen molar-refractivity contribution in [1.82, 2.24) is 0 Å². The molecular weight excluding hydrogens is 413 g/mol.